The van der Waals surface area contributed by atoms with Gasteiger partial charge in [0.1, 0.15) is 0 Å². The Morgan fingerprint density at radius 2 is 1.68 bits per heavy atom. The van der Waals surface area contributed by atoms with E-state index in [0.717, 1.165) is 36.0 Å². The summed E-state index contributed by atoms with van der Waals surface area (Å²) < 4.78 is 26.6. The summed E-state index contributed by atoms with van der Waals surface area (Å²) in [6.07, 6.45) is 16.6. The molecule has 0 aromatic carbocycles. The maximum atomic E-state index is 12.4. The molecule has 4 nitrogen and oxygen atoms in total. The van der Waals surface area contributed by atoms with Crippen molar-refractivity contribution in [1.29, 1.82) is 0 Å². The minimum Gasteiger partial charge on any atom is -0.274 e. The molecule has 1 N–H and O–H groups in total. The molecule has 194 valence electrons. The van der Waals surface area contributed by atoms with Gasteiger partial charge >= 0.3 is 0 Å². The van der Waals surface area contributed by atoms with E-state index >= 15 is 0 Å². The third kappa shape index (κ3) is 4.18. The van der Waals surface area contributed by atoms with Crippen molar-refractivity contribution in [3.63, 3.8) is 0 Å². The van der Waals surface area contributed by atoms with E-state index in [-0.39, 0.29) is 11.2 Å². The summed E-state index contributed by atoms with van der Waals surface area (Å²) in [5.41, 5.74) is 0.964. The van der Waals surface area contributed by atoms with E-state index in [1.54, 1.807) is 0 Å². The highest BCUT2D eigenvalue weighted by Gasteiger charge is 2.61. The number of rotatable bonds is 7. The number of fused-ring (bicyclic) bond motifs is 5. The Labute approximate surface area is 208 Å². The number of hydrogen-bond acceptors (Lipinski definition) is 3. The van der Waals surface area contributed by atoms with Crippen molar-refractivity contribution in [2.45, 2.75) is 123 Å². The highest BCUT2D eigenvalue weighted by molar-refractivity contribution is 7.90. The lowest BCUT2D eigenvalue weighted by molar-refractivity contribution is -0.138. The molecule has 3 unspecified atom stereocenters. The summed E-state index contributed by atoms with van der Waals surface area (Å²) in [6.45, 7) is 10.1. The Balaban J connectivity index is 1.25. The highest BCUT2D eigenvalue weighted by Crippen LogP contribution is 2.69. The van der Waals surface area contributed by atoms with E-state index in [2.05, 4.69) is 32.4 Å². The van der Waals surface area contributed by atoms with Crippen LogP contribution in [0.25, 0.3) is 0 Å². The van der Waals surface area contributed by atoms with Crippen LogP contribution in [0.5, 0.6) is 0 Å². The van der Waals surface area contributed by atoms with E-state index in [1.165, 1.54) is 64.2 Å². The lowest BCUT2D eigenvalue weighted by Crippen LogP contribution is -2.55. The zero-order valence-electron chi connectivity index (χ0n) is 22.2. The second kappa shape index (κ2) is 9.06. The van der Waals surface area contributed by atoms with Crippen LogP contribution in [0.4, 0.5) is 0 Å². The average Bonchev–Trinajstić information content (AvgIpc) is 3.59. The SMILES string of the molecule is CC[C@H]1CC2C3CC[C@H]([C@H](C)CCC(=O)NS(=O)(=O)C4CC4)[C@@]3(C)CCC2[C@@]2(C)CCCC[C@@H]12. The summed E-state index contributed by atoms with van der Waals surface area (Å²) in [6, 6.07) is 0. The molecule has 0 spiro atoms. The molecule has 5 aliphatic carbocycles. The third-order valence-electron chi connectivity index (χ3n) is 12.1. The molecule has 9 atom stereocenters. The summed E-state index contributed by atoms with van der Waals surface area (Å²) in [4.78, 5) is 12.4. The Bertz CT molecular complexity index is 882. The van der Waals surface area contributed by atoms with Crippen LogP contribution in [0.15, 0.2) is 0 Å². The maximum absolute atomic E-state index is 12.4. The predicted molar refractivity (Wildman–Crippen MR) is 137 cm³/mol. The van der Waals surface area contributed by atoms with E-state index in [4.69, 9.17) is 0 Å². The molecule has 5 saturated carbocycles. The van der Waals surface area contributed by atoms with Gasteiger partial charge in [-0.1, -0.05) is 47.0 Å². The van der Waals surface area contributed by atoms with Gasteiger partial charge in [-0.05, 0) is 116 Å². The lowest BCUT2D eigenvalue weighted by Gasteiger charge is -2.63. The first kappa shape index (κ1) is 25.1. The summed E-state index contributed by atoms with van der Waals surface area (Å²) in [5, 5.41) is -0.327. The normalized spacial score (nSPS) is 45.1. The topological polar surface area (TPSA) is 63.2 Å². The molecule has 0 saturated heterocycles. The average molecular weight is 492 g/mol. The second-order valence-corrected chi connectivity index (χ2v) is 15.6. The molecule has 1 amide bonds. The van der Waals surface area contributed by atoms with Crippen LogP contribution in [0.1, 0.15) is 118 Å². The summed E-state index contributed by atoms with van der Waals surface area (Å²) >= 11 is 0. The van der Waals surface area contributed by atoms with Gasteiger partial charge in [0.05, 0.1) is 5.25 Å². The van der Waals surface area contributed by atoms with E-state index in [0.29, 0.717) is 41.9 Å². The van der Waals surface area contributed by atoms with Crippen LogP contribution in [0.2, 0.25) is 0 Å². The summed E-state index contributed by atoms with van der Waals surface area (Å²) in [7, 11) is -3.42. The van der Waals surface area contributed by atoms with Gasteiger partial charge in [-0.3, -0.25) is 9.52 Å². The maximum Gasteiger partial charge on any atom is 0.237 e. The molecule has 0 aromatic heterocycles. The molecule has 0 heterocycles. The van der Waals surface area contributed by atoms with Crippen LogP contribution in [0, 0.1) is 52.3 Å². The first-order valence-electron chi connectivity index (χ1n) is 14.6. The molecular formula is C29H49NO3S. The van der Waals surface area contributed by atoms with Gasteiger partial charge in [0.2, 0.25) is 15.9 Å². The van der Waals surface area contributed by atoms with Crippen LogP contribution < -0.4 is 4.72 Å². The molecule has 0 radical (unpaired) electrons. The van der Waals surface area contributed by atoms with Crippen molar-refractivity contribution in [3.8, 4) is 0 Å². The first-order valence-corrected chi connectivity index (χ1v) is 16.2. The zero-order chi connectivity index (χ0) is 24.3. The van der Waals surface area contributed by atoms with Crippen LogP contribution in [0.3, 0.4) is 0 Å². The fraction of sp³-hybridized carbons (Fsp3) is 0.966. The molecule has 0 aromatic rings. The largest absolute Gasteiger partial charge is 0.274 e. The van der Waals surface area contributed by atoms with Crippen LogP contribution in [-0.4, -0.2) is 19.6 Å². The minimum absolute atomic E-state index is 0.295. The van der Waals surface area contributed by atoms with E-state index in [9.17, 15) is 13.2 Å². The van der Waals surface area contributed by atoms with Crippen molar-refractivity contribution in [1.82, 2.24) is 4.72 Å². The van der Waals surface area contributed by atoms with Gasteiger partial charge in [-0.25, -0.2) is 8.42 Å². The predicted octanol–water partition coefficient (Wildman–Crippen LogP) is 6.70. The van der Waals surface area contributed by atoms with Gasteiger partial charge in [0.15, 0.2) is 0 Å². The van der Waals surface area contributed by atoms with E-state index in [1.807, 2.05) is 0 Å². The molecular weight excluding hydrogens is 442 g/mol. The number of carbonyl (C=O) groups excluding carboxylic acids is 1. The molecule has 5 fully saturated rings. The number of nitrogens with one attached hydrogen (secondary N) is 1. The molecule has 0 aliphatic heterocycles. The van der Waals surface area contributed by atoms with Gasteiger partial charge in [0, 0.05) is 6.42 Å². The van der Waals surface area contributed by atoms with Crippen LogP contribution in [-0.2, 0) is 14.8 Å². The van der Waals surface area contributed by atoms with Crippen LogP contribution >= 0.6 is 0 Å². The van der Waals surface area contributed by atoms with Gasteiger partial charge in [-0.15, -0.1) is 0 Å². The van der Waals surface area contributed by atoms with Gasteiger partial charge in [-0.2, -0.15) is 0 Å². The van der Waals surface area contributed by atoms with Crippen molar-refractivity contribution < 1.29 is 13.2 Å². The monoisotopic (exact) mass is 491 g/mol. The molecule has 5 aliphatic rings. The number of amides is 1. The lowest BCUT2D eigenvalue weighted by atomic mass is 9.42. The molecule has 34 heavy (non-hydrogen) atoms. The minimum atomic E-state index is -3.42. The van der Waals surface area contributed by atoms with Crippen molar-refractivity contribution in [2.24, 2.45) is 52.3 Å². The third-order valence-corrected chi connectivity index (χ3v) is 13.9. The molecule has 5 rings (SSSR count). The first-order chi connectivity index (χ1) is 16.1. The fourth-order valence-electron chi connectivity index (χ4n) is 10.2. The Hall–Kier alpha value is -0.580. The Morgan fingerprint density at radius 3 is 2.38 bits per heavy atom. The Kier molecular flexibility index (Phi) is 6.69. The second-order valence-electron chi connectivity index (χ2n) is 13.7. The van der Waals surface area contributed by atoms with Crippen molar-refractivity contribution in [3.05, 3.63) is 0 Å². The van der Waals surface area contributed by atoms with Gasteiger partial charge < -0.3 is 0 Å². The fourth-order valence-corrected chi connectivity index (χ4v) is 11.6. The standard InChI is InChI=1S/C29H49NO3S/c1-5-20-18-22-25-13-12-23(19(2)9-14-27(31)30-34(32,33)21-10-11-21)29(25,4)17-15-26(22)28(3)16-7-6-8-24(20)28/h19-26H,5-18H2,1-4H3,(H,30,31)/t19-,20+,22?,23-,24+,25?,26?,28+,29-/m1/s1. The molecule has 0 bridgehead atoms. The van der Waals surface area contributed by atoms with Gasteiger partial charge in [0.25, 0.3) is 0 Å². The highest BCUT2D eigenvalue weighted by atomic mass is 32.2. The molecule has 5 heteroatoms. The quantitative estimate of drug-likeness (QED) is 0.431. The Morgan fingerprint density at radius 1 is 0.941 bits per heavy atom. The van der Waals surface area contributed by atoms with Crippen molar-refractivity contribution in [2.75, 3.05) is 0 Å². The summed E-state index contributed by atoms with van der Waals surface area (Å²) in [5.74, 6) is 5.39. The zero-order valence-corrected chi connectivity index (χ0v) is 23.0. The number of hydrogen-bond donors (Lipinski definition) is 1. The van der Waals surface area contributed by atoms with Crippen molar-refractivity contribution >= 4 is 15.9 Å². The van der Waals surface area contributed by atoms with E-state index < -0.39 is 10.0 Å². The number of sulfonamides is 1. The number of carbonyl (C=O) groups is 1. The smallest absolute Gasteiger partial charge is 0.237 e.